The molecule has 1 aromatic carbocycles. The summed E-state index contributed by atoms with van der Waals surface area (Å²) in [6.45, 7) is 6.62. The lowest BCUT2D eigenvalue weighted by Crippen LogP contribution is -2.52. The Morgan fingerprint density at radius 1 is 1.11 bits per heavy atom. The van der Waals surface area contributed by atoms with E-state index in [-0.39, 0.29) is 11.4 Å². The van der Waals surface area contributed by atoms with Gasteiger partial charge in [0.15, 0.2) is 0 Å². The van der Waals surface area contributed by atoms with Crippen LogP contribution in [-0.2, 0) is 7.05 Å². The second-order valence-corrected chi connectivity index (χ2v) is 9.23. The minimum atomic E-state index is -0.334. The number of aromatic nitrogens is 4. The van der Waals surface area contributed by atoms with Crippen molar-refractivity contribution in [3.63, 3.8) is 0 Å². The first kappa shape index (κ1) is 22.9. The number of imidazole rings is 1. The third kappa shape index (κ3) is 3.70. The molecule has 1 aliphatic heterocycles. The maximum Gasteiger partial charge on any atom is 0.333 e. The molecular weight excluding hydrogens is 440 g/mol. The number of hydrogen-bond acceptors (Lipinski definition) is 6. The molecule has 8 nitrogen and oxygen atoms in total. The second kappa shape index (κ2) is 8.39. The van der Waals surface area contributed by atoms with Gasteiger partial charge in [0.2, 0.25) is 5.88 Å². The fourth-order valence-electron chi connectivity index (χ4n) is 4.54. The molecule has 0 spiro atoms. The lowest BCUT2D eigenvalue weighted by molar-refractivity contribution is 0.196. The number of benzene rings is 1. The van der Waals surface area contributed by atoms with Crippen LogP contribution in [0, 0.1) is 0 Å². The average molecular weight is 471 g/mol. The van der Waals surface area contributed by atoms with Crippen molar-refractivity contribution in [2.24, 2.45) is 7.05 Å². The normalized spacial score (nSPS) is 18.0. The molecule has 180 valence electrons. The summed E-state index contributed by atoms with van der Waals surface area (Å²) in [6, 6.07) is 9.96. The van der Waals surface area contributed by atoms with E-state index in [1.165, 1.54) is 0 Å². The Morgan fingerprint density at radius 3 is 2.54 bits per heavy atom. The van der Waals surface area contributed by atoms with Gasteiger partial charge in [-0.15, -0.1) is 0 Å². The predicted octanol–water partition coefficient (Wildman–Crippen LogP) is 3.97. The van der Waals surface area contributed by atoms with E-state index in [1.54, 1.807) is 28.6 Å². The molecule has 35 heavy (non-hydrogen) atoms. The number of rotatable bonds is 5. The monoisotopic (exact) mass is 470 g/mol. The maximum absolute atomic E-state index is 13.5. The standard InChI is InChI=1S/C27H30N6O2/c1-7-35-24-11-9-19(15-29-24)18-8-10-21-20(14-18)25-23(16-28-21)32(6)26(34)33(25)22-12-13-27(3,31(4)5)30-17(22)2/h8-16,30H,7H2,1-6H3. The van der Waals surface area contributed by atoms with Gasteiger partial charge in [0.25, 0.3) is 0 Å². The second-order valence-electron chi connectivity index (χ2n) is 9.23. The number of pyridine rings is 2. The molecule has 0 saturated carbocycles. The Kier molecular flexibility index (Phi) is 5.48. The minimum Gasteiger partial charge on any atom is -0.478 e. The van der Waals surface area contributed by atoms with Crippen LogP contribution in [0.4, 0.5) is 0 Å². The smallest absolute Gasteiger partial charge is 0.333 e. The zero-order chi connectivity index (χ0) is 24.9. The number of aryl methyl sites for hydroxylation is 1. The lowest BCUT2D eigenvalue weighted by atomic mass is 10.0. The van der Waals surface area contributed by atoms with Crippen molar-refractivity contribution >= 4 is 27.6 Å². The maximum atomic E-state index is 13.5. The molecule has 1 unspecified atom stereocenters. The predicted molar refractivity (Wildman–Crippen MR) is 140 cm³/mol. The van der Waals surface area contributed by atoms with Gasteiger partial charge in [-0.05, 0) is 70.8 Å². The number of allylic oxidation sites excluding steroid dienone is 3. The first-order valence-corrected chi connectivity index (χ1v) is 11.7. The summed E-state index contributed by atoms with van der Waals surface area (Å²) in [5, 5.41) is 4.46. The Balaban J connectivity index is 1.72. The third-order valence-corrected chi connectivity index (χ3v) is 6.81. The summed E-state index contributed by atoms with van der Waals surface area (Å²) in [7, 11) is 5.83. The van der Waals surface area contributed by atoms with E-state index in [0.29, 0.717) is 12.5 Å². The highest BCUT2D eigenvalue weighted by Crippen LogP contribution is 2.32. The zero-order valence-electron chi connectivity index (χ0n) is 21.0. The Labute approximate surface area is 204 Å². The van der Waals surface area contributed by atoms with Crippen molar-refractivity contribution in [2.45, 2.75) is 26.4 Å². The van der Waals surface area contributed by atoms with Crippen molar-refractivity contribution in [2.75, 3.05) is 20.7 Å². The van der Waals surface area contributed by atoms with E-state index in [9.17, 15) is 4.79 Å². The molecule has 4 aromatic rings. The largest absolute Gasteiger partial charge is 0.478 e. The van der Waals surface area contributed by atoms with Crippen LogP contribution in [-0.4, -0.2) is 50.4 Å². The van der Waals surface area contributed by atoms with Crippen LogP contribution in [0.15, 0.2) is 65.4 Å². The number of nitrogens with zero attached hydrogens (tertiary/aromatic N) is 5. The van der Waals surface area contributed by atoms with Crippen LogP contribution in [0.25, 0.3) is 38.8 Å². The molecule has 0 amide bonds. The Morgan fingerprint density at radius 2 is 1.89 bits per heavy atom. The Hall–Kier alpha value is -3.91. The van der Waals surface area contributed by atoms with Crippen molar-refractivity contribution in [1.82, 2.24) is 29.3 Å². The first-order chi connectivity index (χ1) is 16.7. The van der Waals surface area contributed by atoms with Gasteiger partial charge >= 0.3 is 5.69 Å². The quantitative estimate of drug-likeness (QED) is 0.476. The lowest BCUT2D eigenvalue weighted by Gasteiger charge is -2.38. The molecule has 3 aromatic heterocycles. The van der Waals surface area contributed by atoms with E-state index >= 15 is 0 Å². The van der Waals surface area contributed by atoms with Crippen LogP contribution in [0.3, 0.4) is 0 Å². The average Bonchev–Trinajstić information content (AvgIpc) is 3.10. The van der Waals surface area contributed by atoms with Crippen molar-refractivity contribution < 1.29 is 4.74 Å². The number of fused-ring (bicyclic) bond motifs is 3. The molecule has 1 aliphatic rings. The summed E-state index contributed by atoms with van der Waals surface area (Å²) >= 11 is 0. The number of ether oxygens (including phenoxy) is 1. The van der Waals surface area contributed by atoms with Gasteiger partial charge in [0.1, 0.15) is 5.66 Å². The van der Waals surface area contributed by atoms with Gasteiger partial charge in [-0.1, -0.05) is 6.07 Å². The SMILES string of the molecule is CCOc1ccc(-c2ccc3ncc4c(c3c2)n(C2=C(C)NC(C)(N(C)C)C=C2)c(=O)n4C)cn1. The first-order valence-electron chi connectivity index (χ1n) is 11.7. The van der Waals surface area contributed by atoms with Gasteiger partial charge in [0.05, 0.1) is 35.1 Å². The molecule has 5 rings (SSSR count). The molecule has 1 atom stereocenters. The number of dihydropyridines is 1. The number of hydrogen-bond donors (Lipinski definition) is 1. The highest BCUT2D eigenvalue weighted by molar-refractivity contribution is 6.05. The summed E-state index contributed by atoms with van der Waals surface area (Å²) in [4.78, 5) is 24.6. The molecule has 0 bridgehead atoms. The van der Waals surface area contributed by atoms with Gasteiger partial charge in [-0.3, -0.25) is 19.0 Å². The molecule has 1 N–H and O–H groups in total. The van der Waals surface area contributed by atoms with Crippen LogP contribution < -0.4 is 15.7 Å². The van der Waals surface area contributed by atoms with Crippen molar-refractivity contribution in [3.05, 3.63) is 71.1 Å². The van der Waals surface area contributed by atoms with E-state index in [4.69, 9.17) is 4.74 Å². The molecule has 0 aliphatic carbocycles. The highest BCUT2D eigenvalue weighted by Gasteiger charge is 2.29. The van der Waals surface area contributed by atoms with Crippen molar-refractivity contribution in [1.29, 1.82) is 0 Å². The number of likely N-dealkylation sites (N-methyl/N-ethyl adjacent to an activating group) is 1. The van der Waals surface area contributed by atoms with Gasteiger partial charge in [-0.2, -0.15) is 0 Å². The summed E-state index contributed by atoms with van der Waals surface area (Å²) in [5.41, 5.74) is 5.69. The molecular formula is C27H30N6O2. The van der Waals surface area contributed by atoms with Crippen molar-refractivity contribution in [3.8, 4) is 17.0 Å². The fraction of sp³-hybridized carbons (Fsp3) is 0.296. The summed E-state index contributed by atoms with van der Waals surface area (Å²) in [5.74, 6) is 0.599. The van der Waals surface area contributed by atoms with Crippen LogP contribution in [0.1, 0.15) is 20.8 Å². The number of nitrogens with one attached hydrogen (secondary N) is 1. The Bertz CT molecular complexity index is 1560. The van der Waals surface area contributed by atoms with Crippen LogP contribution >= 0.6 is 0 Å². The highest BCUT2D eigenvalue weighted by atomic mass is 16.5. The van der Waals surface area contributed by atoms with Gasteiger partial charge in [-0.25, -0.2) is 9.78 Å². The van der Waals surface area contributed by atoms with Crippen LogP contribution in [0.5, 0.6) is 5.88 Å². The fourth-order valence-corrected chi connectivity index (χ4v) is 4.54. The molecule has 0 fully saturated rings. The summed E-state index contributed by atoms with van der Waals surface area (Å²) in [6.07, 6.45) is 7.69. The topological polar surface area (TPSA) is 77.2 Å². The minimum absolute atomic E-state index is 0.114. The zero-order valence-corrected chi connectivity index (χ0v) is 21.0. The molecule has 0 radical (unpaired) electrons. The third-order valence-electron chi connectivity index (χ3n) is 6.81. The summed E-state index contributed by atoms with van der Waals surface area (Å²) < 4.78 is 8.92. The molecule has 0 saturated heterocycles. The van der Waals surface area contributed by atoms with E-state index in [0.717, 1.165) is 44.5 Å². The van der Waals surface area contributed by atoms with Gasteiger partial charge < -0.3 is 10.1 Å². The molecule has 8 heteroatoms. The van der Waals surface area contributed by atoms with Gasteiger partial charge in [0, 0.05) is 36.0 Å². The molecule has 4 heterocycles. The van der Waals surface area contributed by atoms with Crippen LogP contribution in [0.2, 0.25) is 0 Å². The van der Waals surface area contributed by atoms with E-state index in [1.807, 2.05) is 58.3 Å². The van der Waals surface area contributed by atoms with E-state index in [2.05, 4.69) is 39.3 Å². The van der Waals surface area contributed by atoms with E-state index < -0.39 is 0 Å².